The van der Waals surface area contributed by atoms with E-state index < -0.39 is 0 Å². The fourth-order valence-corrected chi connectivity index (χ4v) is 1.82. The van der Waals surface area contributed by atoms with E-state index in [9.17, 15) is 0 Å². The maximum Gasteiger partial charge on any atom is 0.222 e. The quantitative estimate of drug-likeness (QED) is 0.714. The van der Waals surface area contributed by atoms with Gasteiger partial charge in [-0.25, -0.2) is 4.98 Å². The molecule has 5 N–H and O–H groups in total. The van der Waals surface area contributed by atoms with Crippen molar-refractivity contribution in [2.75, 3.05) is 16.8 Å². The van der Waals surface area contributed by atoms with Crippen molar-refractivity contribution in [3.05, 3.63) is 30.3 Å². The number of nitrogens with two attached hydrogens (primary N) is 2. The van der Waals surface area contributed by atoms with Gasteiger partial charge >= 0.3 is 0 Å². The molecule has 1 heterocycles. The lowest BCUT2D eigenvalue weighted by molar-refractivity contribution is 1.09. The molecule has 0 spiro atoms. The van der Waals surface area contributed by atoms with Crippen molar-refractivity contribution in [2.45, 2.75) is 18.9 Å². The Balaban J connectivity index is 1.97. The molecule has 1 aromatic carbocycles. The van der Waals surface area contributed by atoms with Crippen LogP contribution in [-0.2, 0) is 0 Å². The van der Waals surface area contributed by atoms with Crippen molar-refractivity contribution in [1.82, 2.24) is 9.97 Å². The highest BCUT2D eigenvalue weighted by Gasteiger charge is 2.21. The van der Waals surface area contributed by atoms with Crippen molar-refractivity contribution in [1.29, 1.82) is 0 Å². The predicted molar refractivity (Wildman–Crippen MR) is 72.9 cm³/mol. The van der Waals surface area contributed by atoms with Gasteiger partial charge in [0.1, 0.15) is 5.82 Å². The lowest BCUT2D eigenvalue weighted by Crippen LogP contribution is -2.06. The van der Waals surface area contributed by atoms with Gasteiger partial charge in [-0.15, -0.1) is 0 Å². The Kier molecular flexibility index (Phi) is 2.51. The number of rotatable bonds is 3. The predicted octanol–water partition coefficient (Wildman–Crippen LogP) is 1.88. The Morgan fingerprint density at radius 3 is 2.67 bits per heavy atom. The summed E-state index contributed by atoms with van der Waals surface area (Å²) in [6.07, 6.45) is 2.38. The van der Waals surface area contributed by atoms with Gasteiger partial charge in [-0.2, -0.15) is 4.98 Å². The average Bonchev–Trinajstić information content (AvgIpc) is 3.12. The summed E-state index contributed by atoms with van der Waals surface area (Å²) < 4.78 is 0. The lowest BCUT2D eigenvalue weighted by atomic mass is 10.1. The monoisotopic (exact) mass is 241 g/mol. The molecule has 1 aliphatic rings. The molecule has 2 aromatic rings. The van der Waals surface area contributed by atoms with Crippen molar-refractivity contribution < 1.29 is 0 Å². The topological polar surface area (TPSA) is 89.8 Å². The Morgan fingerprint density at radius 2 is 1.94 bits per heavy atom. The van der Waals surface area contributed by atoms with Crippen LogP contribution in [0.15, 0.2) is 30.3 Å². The van der Waals surface area contributed by atoms with E-state index in [1.165, 1.54) is 12.8 Å². The van der Waals surface area contributed by atoms with Gasteiger partial charge in [-0.05, 0) is 25.0 Å². The summed E-state index contributed by atoms with van der Waals surface area (Å²) in [4.78, 5) is 8.43. The third-order valence-electron chi connectivity index (χ3n) is 2.86. The highest BCUT2D eigenvalue weighted by Crippen LogP contribution is 2.27. The van der Waals surface area contributed by atoms with E-state index >= 15 is 0 Å². The van der Waals surface area contributed by atoms with E-state index in [-0.39, 0.29) is 5.95 Å². The first-order valence-electron chi connectivity index (χ1n) is 5.98. The summed E-state index contributed by atoms with van der Waals surface area (Å²) in [7, 11) is 0. The number of nitrogen functional groups attached to an aromatic ring is 2. The van der Waals surface area contributed by atoms with Crippen LogP contribution >= 0.6 is 0 Å². The Bertz CT molecular complexity index is 577. The molecular weight excluding hydrogens is 226 g/mol. The summed E-state index contributed by atoms with van der Waals surface area (Å²) in [5.41, 5.74) is 14.0. The van der Waals surface area contributed by atoms with Crippen LogP contribution in [0.5, 0.6) is 0 Å². The van der Waals surface area contributed by atoms with Crippen molar-refractivity contribution in [3.63, 3.8) is 0 Å². The number of nitrogens with one attached hydrogen (secondary N) is 1. The zero-order valence-electron chi connectivity index (χ0n) is 9.93. The van der Waals surface area contributed by atoms with Gasteiger partial charge in [0, 0.05) is 23.4 Å². The van der Waals surface area contributed by atoms with Crippen LogP contribution in [0.4, 0.5) is 17.5 Å². The van der Waals surface area contributed by atoms with Crippen LogP contribution < -0.4 is 16.8 Å². The van der Waals surface area contributed by atoms with Crippen LogP contribution in [0.2, 0.25) is 0 Å². The van der Waals surface area contributed by atoms with Gasteiger partial charge in [0.05, 0.1) is 5.69 Å². The Labute approximate surface area is 105 Å². The van der Waals surface area contributed by atoms with E-state index in [0.29, 0.717) is 11.7 Å². The zero-order chi connectivity index (χ0) is 12.5. The van der Waals surface area contributed by atoms with E-state index in [2.05, 4.69) is 15.3 Å². The highest BCUT2D eigenvalue weighted by molar-refractivity contribution is 5.67. The summed E-state index contributed by atoms with van der Waals surface area (Å²) in [6, 6.07) is 10.0. The molecule has 3 rings (SSSR count). The van der Waals surface area contributed by atoms with Gasteiger partial charge < -0.3 is 16.8 Å². The summed E-state index contributed by atoms with van der Waals surface area (Å²) in [6.45, 7) is 0. The van der Waals surface area contributed by atoms with Crippen LogP contribution in [0.25, 0.3) is 11.3 Å². The highest BCUT2D eigenvalue weighted by atomic mass is 15.1. The summed E-state index contributed by atoms with van der Waals surface area (Å²) >= 11 is 0. The molecule has 0 amide bonds. The van der Waals surface area contributed by atoms with Crippen LogP contribution in [-0.4, -0.2) is 16.0 Å². The minimum Gasteiger partial charge on any atom is -0.399 e. The third-order valence-corrected chi connectivity index (χ3v) is 2.86. The Hall–Kier alpha value is -2.30. The van der Waals surface area contributed by atoms with Gasteiger partial charge in [0.25, 0.3) is 0 Å². The average molecular weight is 241 g/mol. The standard InChI is InChI=1S/C13H15N5/c14-9-3-1-2-8(6-9)11-7-12(16-10-4-5-10)18-13(15)17-11/h1-3,6-7,10H,4-5,14H2,(H3,15,16,17,18). The zero-order valence-corrected chi connectivity index (χ0v) is 9.93. The molecule has 92 valence electrons. The smallest absolute Gasteiger partial charge is 0.222 e. The molecule has 0 bridgehead atoms. The molecule has 0 unspecified atom stereocenters. The van der Waals surface area contributed by atoms with Crippen LogP contribution in [0.3, 0.4) is 0 Å². The second kappa shape index (κ2) is 4.18. The third kappa shape index (κ3) is 2.34. The molecule has 5 heteroatoms. The molecule has 0 radical (unpaired) electrons. The SMILES string of the molecule is Nc1cccc(-c2cc(NC3CC3)nc(N)n2)c1. The number of anilines is 3. The summed E-state index contributed by atoms with van der Waals surface area (Å²) in [5.74, 6) is 1.06. The molecular formula is C13H15N5. The maximum atomic E-state index is 5.77. The minimum atomic E-state index is 0.276. The molecule has 1 saturated carbocycles. The van der Waals surface area contributed by atoms with E-state index in [4.69, 9.17) is 11.5 Å². The van der Waals surface area contributed by atoms with Crippen molar-refractivity contribution in [2.24, 2.45) is 0 Å². The van der Waals surface area contributed by atoms with E-state index in [1.807, 2.05) is 30.3 Å². The molecule has 5 nitrogen and oxygen atoms in total. The van der Waals surface area contributed by atoms with Gasteiger partial charge in [0.2, 0.25) is 5.95 Å². The molecule has 1 aromatic heterocycles. The second-order valence-corrected chi connectivity index (χ2v) is 4.54. The first-order valence-corrected chi connectivity index (χ1v) is 5.98. The molecule has 0 saturated heterocycles. The largest absolute Gasteiger partial charge is 0.399 e. The molecule has 0 aliphatic heterocycles. The number of hydrogen-bond donors (Lipinski definition) is 3. The Morgan fingerprint density at radius 1 is 1.11 bits per heavy atom. The van der Waals surface area contributed by atoms with Crippen molar-refractivity contribution >= 4 is 17.5 Å². The van der Waals surface area contributed by atoms with Gasteiger partial charge in [-0.3, -0.25) is 0 Å². The van der Waals surface area contributed by atoms with E-state index in [0.717, 1.165) is 17.1 Å². The summed E-state index contributed by atoms with van der Waals surface area (Å²) in [5, 5.41) is 3.32. The number of aromatic nitrogens is 2. The number of nitrogens with zero attached hydrogens (tertiary/aromatic N) is 2. The number of benzene rings is 1. The second-order valence-electron chi connectivity index (χ2n) is 4.54. The first-order chi connectivity index (χ1) is 8.70. The fourth-order valence-electron chi connectivity index (χ4n) is 1.82. The van der Waals surface area contributed by atoms with Gasteiger partial charge in [-0.1, -0.05) is 12.1 Å². The minimum absolute atomic E-state index is 0.276. The molecule has 1 fully saturated rings. The van der Waals surface area contributed by atoms with Crippen molar-refractivity contribution in [3.8, 4) is 11.3 Å². The fraction of sp³-hybridized carbons (Fsp3) is 0.231. The number of hydrogen-bond acceptors (Lipinski definition) is 5. The van der Waals surface area contributed by atoms with Crippen LogP contribution in [0, 0.1) is 0 Å². The first kappa shape index (κ1) is 10.8. The van der Waals surface area contributed by atoms with E-state index in [1.54, 1.807) is 0 Å². The van der Waals surface area contributed by atoms with Gasteiger partial charge in [0.15, 0.2) is 0 Å². The molecule has 18 heavy (non-hydrogen) atoms. The lowest BCUT2D eigenvalue weighted by Gasteiger charge is -2.08. The maximum absolute atomic E-state index is 5.77. The molecule has 0 atom stereocenters. The molecule has 1 aliphatic carbocycles. The normalized spacial score (nSPS) is 14.4. The van der Waals surface area contributed by atoms with Crippen LogP contribution in [0.1, 0.15) is 12.8 Å².